The van der Waals surface area contributed by atoms with Gasteiger partial charge in [-0.1, -0.05) is 26.8 Å². The Morgan fingerprint density at radius 1 is 1.18 bits per heavy atom. The molecule has 1 atom stereocenters. The second kappa shape index (κ2) is 10.1. The number of nitrogens with zero attached hydrogens (tertiary/aromatic N) is 1. The Hall–Kier alpha value is -3.06. The van der Waals surface area contributed by atoms with Crippen molar-refractivity contribution < 1.29 is 28.6 Å². The molecular formula is C27H35NO6. The zero-order chi connectivity index (χ0) is 25.2. The van der Waals surface area contributed by atoms with E-state index < -0.39 is 17.7 Å². The Balaban J connectivity index is 2.12. The first-order valence-electron chi connectivity index (χ1n) is 11.6. The Bertz CT molecular complexity index is 1090. The molecule has 184 valence electrons. The van der Waals surface area contributed by atoms with Crippen LogP contribution in [0.4, 0.5) is 0 Å². The lowest BCUT2D eigenvalue weighted by molar-refractivity contribution is -0.140. The number of likely N-dealkylation sites (tertiary alicyclic amines) is 1. The van der Waals surface area contributed by atoms with Gasteiger partial charge in [-0.15, -0.1) is 0 Å². The van der Waals surface area contributed by atoms with E-state index in [1.165, 1.54) is 12.0 Å². The third-order valence-electron chi connectivity index (χ3n) is 5.89. The molecule has 2 aromatic rings. The number of hydrogen-bond donors (Lipinski definition) is 1. The number of ether oxygens (including phenoxy) is 2. The number of rotatable bonds is 8. The molecule has 0 bridgehead atoms. The molecule has 0 radical (unpaired) electrons. The normalized spacial score (nSPS) is 18.2. The van der Waals surface area contributed by atoms with Gasteiger partial charge in [0.2, 0.25) is 0 Å². The van der Waals surface area contributed by atoms with Crippen LogP contribution in [0.1, 0.15) is 69.7 Å². The number of carbonyl (C=O) groups excluding carboxylic acids is 2. The summed E-state index contributed by atoms with van der Waals surface area (Å²) in [5.41, 5.74) is 1.12. The number of aryl methyl sites for hydroxylation is 1. The lowest BCUT2D eigenvalue weighted by atomic mass is 9.85. The molecule has 1 aliphatic heterocycles. The number of methoxy groups -OCH3 is 1. The van der Waals surface area contributed by atoms with Gasteiger partial charge >= 0.3 is 0 Å². The minimum absolute atomic E-state index is 0.00603. The standard InChI is InChI=1S/C27H35NO6/c1-16(2)33-14-8-13-28-23(21-11-9-17(3)34-21)22(25(30)26(28)31)24(29)19-15-18(27(4,5)6)10-12-20(19)32-7/h9-12,15-16,23,29H,8,13-14H2,1-7H3/b24-22+. The van der Waals surface area contributed by atoms with Crippen LogP contribution in [0, 0.1) is 6.92 Å². The summed E-state index contributed by atoms with van der Waals surface area (Å²) in [5, 5.41) is 11.4. The topological polar surface area (TPSA) is 89.2 Å². The highest BCUT2D eigenvalue weighted by Crippen LogP contribution is 2.42. The van der Waals surface area contributed by atoms with E-state index in [0.29, 0.717) is 35.9 Å². The van der Waals surface area contributed by atoms with Crippen molar-refractivity contribution in [2.45, 2.75) is 65.5 Å². The van der Waals surface area contributed by atoms with Crippen LogP contribution in [0.3, 0.4) is 0 Å². The van der Waals surface area contributed by atoms with Crippen molar-refractivity contribution in [3.8, 4) is 5.75 Å². The van der Waals surface area contributed by atoms with Crippen molar-refractivity contribution in [1.29, 1.82) is 0 Å². The van der Waals surface area contributed by atoms with Crippen LogP contribution < -0.4 is 4.74 Å². The van der Waals surface area contributed by atoms with Gasteiger partial charge in [-0.25, -0.2) is 0 Å². The first-order chi connectivity index (χ1) is 16.0. The number of Topliss-reactive ketones (excluding diaryl/α,β-unsaturated/α-hetero) is 1. The number of aliphatic hydroxyl groups is 1. The quantitative estimate of drug-likeness (QED) is 0.249. The number of ketones is 1. The van der Waals surface area contributed by atoms with E-state index in [9.17, 15) is 14.7 Å². The zero-order valence-corrected chi connectivity index (χ0v) is 21.1. The monoisotopic (exact) mass is 469 g/mol. The van der Waals surface area contributed by atoms with Gasteiger partial charge in [0, 0.05) is 13.2 Å². The smallest absolute Gasteiger partial charge is 0.295 e. The Kier molecular flexibility index (Phi) is 7.56. The molecule has 3 rings (SSSR count). The molecule has 1 N–H and O–H groups in total. The van der Waals surface area contributed by atoms with E-state index in [1.807, 2.05) is 26.0 Å². The summed E-state index contributed by atoms with van der Waals surface area (Å²) in [7, 11) is 1.50. The van der Waals surface area contributed by atoms with Crippen LogP contribution in [0.25, 0.3) is 5.76 Å². The molecule has 7 heteroatoms. The van der Waals surface area contributed by atoms with E-state index in [-0.39, 0.29) is 29.4 Å². The third-order valence-corrected chi connectivity index (χ3v) is 5.89. The van der Waals surface area contributed by atoms with Crippen LogP contribution >= 0.6 is 0 Å². The van der Waals surface area contributed by atoms with Gasteiger partial charge in [-0.05, 0) is 62.4 Å². The third kappa shape index (κ3) is 5.20. The lowest BCUT2D eigenvalue weighted by Gasteiger charge is -2.24. The summed E-state index contributed by atoms with van der Waals surface area (Å²) in [6.07, 6.45) is 0.617. The highest BCUT2D eigenvalue weighted by atomic mass is 16.5. The van der Waals surface area contributed by atoms with Crippen molar-refractivity contribution >= 4 is 17.4 Å². The van der Waals surface area contributed by atoms with Gasteiger partial charge in [-0.3, -0.25) is 9.59 Å². The fraction of sp³-hybridized carbons (Fsp3) is 0.481. The van der Waals surface area contributed by atoms with Crippen molar-refractivity contribution in [1.82, 2.24) is 4.90 Å². The molecule has 1 aromatic heterocycles. The number of amides is 1. The predicted octanol–water partition coefficient (Wildman–Crippen LogP) is 5.13. The molecule has 0 spiro atoms. The summed E-state index contributed by atoms with van der Waals surface area (Å²) in [4.78, 5) is 27.7. The summed E-state index contributed by atoms with van der Waals surface area (Å²) in [5.74, 6) is -0.205. The van der Waals surface area contributed by atoms with E-state index in [4.69, 9.17) is 13.9 Å². The predicted molar refractivity (Wildman–Crippen MR) is 130 cm³/mol. The highest BCUT2D eigenvalue weighted by molar-refractivity contribution is 6.46. The van der Waals surface area contributed by atoms with Gasteiger partial charge < -0.3 is 23.9 Å². The maximum Gasteiger partial charge on any atom is 0.295 e. The van der Waals surface area contributed by atoms with Crippen LogP contribution in [-0.2, 0) is 19.7 Å². The molecule has 1 aromatic carbocycles. The number of benzene rings is 1. The molecule has 1 saturated heterocycles. The molecule has 0 saturated carbocycles. The maximum absolute atomic E-state index is 13.2. The van der Waals surface area contributed by atoms with E-state index in [2.05, 4.69) is 20.8 Å². The lowest BCUT2D eigenvalue weighted by Crippen LogP contribution is -2.31. The highest BCUT2D eigenvalue weighted by Gasteiger charge is 2.47. The maximum atomic E-state index is 13.2. The summed E-state index contributed by atoms with van der Waals surface area (Å²) in [6, 6.07) is 8.17. The van der Waals surface area contributed by atoms with Crippen LogP contribution in [-0.4, -0.2) is 48.1 Å². The summed E-state index contributed by atoms with van der Waals surface area (Å²) in [6.45, 7) is 12.6. The first kappa shape index (κ1) is 25.6. The van der Waals surface area contributed by atoms with Gasteiger partial charge in [0.1, 0.15) is 29.1 Å². The molecule has 1 unspecified atom stereocenters. The van der Waals surface area contributed by atoms with E-state index in [0.717, 1.165) is 5.56 Å². The van der Waals surface area contributed by atoms with E-state index in [1.54, 1.807) is 25.1 Å². The molecule has 0 aliphatic carbocycles. The number of carbonyl (C=O) groups is 2. The summed E-state index contributed by atoms with van der Waals surface area (Å²) < 4.78 is 16.9. The second-order valence-corrected chi connectivity index (χ2v) is 9.88. The minimum atomic E-state index is -0.837. The largest absolute Gasteiger partial charge is 0.507 e. The van der Waals surface area contributed by atoms with Crippen LogP contribution in [0.2, 0.25) is 0 Å². The van der Waals surface area contributed by atoms with Crippen LogP contribution in [0.5, 0.6) is 5.75 Å². The van der Waals surface area contributed by atoms with Gasteiger partial charge in [0.05, 0.1) is 24.4 Å². The average Bonchev–Trinajstić information content (AvgIpc) is 3.30. The van der Waals surface area contributed by atoms with Crippen molar-refractivity contribution in [3.05, 3.63) is 58.6 Å². The van der Waals surface area contributed by atoms with Crippen molar-refractivity contribution in [2.24, 2.45) is 0 Å². The molecule has 1 amide bonds. The molecule has 7 nitrogen and oxygen atoms in total. The second-order valence-electron chi connectivity index (χ2n) is 9.88. The van der Waals surface area contributed by atoms with Gasteiger partial charge in [0.25, 0.3) is 11.7 Å². The number of aliphatic hydroxyl groups excluding tert-OH is 1. The molecular weight excluding hydrogens is 434 g/mol. The van der Waals surface area contributed by atoms with Crippen molar-refractivity contribution in [3.63, 3.8) is 0 Å². The first-order valence-corrected chi connectivity index (χ1v) is 11.6. The number of furan rings is 1. The van der Waals surface area contributed by atoms with Gasteiger partial charge in [0.15, 0.2) is 0 Å². The SMILES string of the molecule is COc1ccc(C(C)(C)C)cc1/C(O)=C1\C(=O)C(=O)N(CCCOC(C)C)C1c1ccc(C)o1. The fourth-order valence-electron chi connectivity index (χ4n) is 4.07. The minimum Gasteiger partial charge on any atom is -0.507 e. The molecule has 1 aliphatic rings. The molecule has 1 fully saturated rings. The average molecular weight is 470 g/mol. The van der Waals surface area contributed by atoms with Crippen LogP contribution in [0.15, 0.2) is 40.3 Å². The Morgan fingerprint density at radius 2 is 1.88 bits per heavy atom. The summed E-state index contributed by atoms with van der Waals surface area (Å²) >= 11 is 0. The van der Waals surface area contributed by atoms with E-state index >= 15 is 0 Å². The Labute approximate surface area is 201 Å². The Morgan fingerprint density at radius 3 is 2.44 bits per heavy atom. The van der Waals surface area contributed by atoms with Crippen molar-refractivity contribution in [2.75, 3.05) is 20.3 Å². The molecule has 34 heavy (non-hydrogen) atoms. The molecule has 2 heterocycles. The fourth-order valence-corrected chi connectivity index (χ4v) is 4.07. The van der Waals surface area contributed by atoms with Gasteiger partial charge in [-0.2, -0.15) is 0 Å². The number of hydrogen-bond acceptors (Lipinski definition) is 6. The zero-order valence-electron chi connectivity index (χ0n) is 21.1.